The average Bonchev–Trinajstić information content (AvgIpc) is 3.16. The minimum absolute atomic E-state index is 0.555. The van der Waals surface area contributed by atoms with Gasteiger partial charge in [0.25, 0.3) is 0 Å². The summed E-state index contributed by atoms with van der Waals surface area (Å²) in [6, 6.07) is 0. The number of aryl methyl sites for hydroxylation is 1. The lowest BCUT2D eigenvalue weighted by atomic mass is 9.73. The molecular formula is C16H28N6. The summed E-state index contributed by atoms with van der Waals surface area (Å²) in [4.78, 5) is 6.91. The fraction of sp³-hybridized carbons (Fsp3) is 0.812. The Bertz CT molecular complexity index is 514. The third kappa shape index (κ3) is 3.10. The SMILES string of the molecule is CCn1cnnc1CNC(=NC)N1CCC2(CCCCC2)C1. The summed E-state index contributed by atoms with van der Waals surface area (Å²) in [7, 11) is 1.87. The summed E-state index contributed by atoms with van der Waals surface area (Å²) in [6.07, 6.45) is 10.1. The topological polar surface area (TPSA) is 58.3 Å². The van der Waals surface area contributed by atoms with E-state index in [4.69, 9.17) is 0 Å². The highest BCUT2D eigenvalue weighted by molar-refractivity contribution is 5.80. The van der Waals surface area contributed by atoms with Gasteiger partial charge in [-0.1, -0.05) is 19.3 Å². The van der Waals surface area contributed by atoms with Crippen LogP contribution in [-0.2, 0) is 13.1 Å². The first-order chi connectivity index (χ1) is 10.8. The molecule has 1 saturated carbocycles. The van der Waals surface area contributed by atoms with Crippen molar-refractivity contribution in [1.29, 1.82) is 0 Å². The van der Waals surface area contributed by atoms with Crippen molar-refractivity contribution in [3.8, 4) is 0 Å². The van der Waals surface area contributed by atoms with Crippen LogP contribution in [-0.4, -0.2) is 45.8 Å². The maximum atomic E-state index is 4.48. The molecule has 3 rings (SSSR count). The van der Waals surface area contributed by atoms with Crippen LogP contribution in [0.2, 0.25) is 0 Å². The lowest BCUT2D eigenvalue weighted by molar-refractivity contribution is 0.203. The molecule has 1 saturated heterocycles. The van der Waals surface area contributed by atoms with E-state index < -0.39 is 0 Å². The van der Waals surface area contributed by atoms with Crippen molar-refractivity contribution < 1.29 is 0 Å². The number of likely N-dealkylation sites (tertiary alicyclic amines) is 1. The van der Waals surface area contributed by atoms with Crippen LogP contribution in [0.1, 0.15) is 51.3 Å². The monoisotopic (exact) mass is 304 g/mol. The van der Waals surface area contributed by atoms with E-state index in [9.17, 15) is 0 Å². The van der Waals surface area contributed by atoms with Crippen LogP contribution in [0.4, 0.5) is 0 Å². The zero-order valence-corrected chi connectivity index (χ0v) is 13.9. The zero-order chi connectivity index (χ0) is 15.4. The summed E-state index contributed by atoms with van der Waals surface area (Å²) >= 11 is 0. The van der Waals surface area contributed by atoms with Gasteiger partial charge in [0.1, 0.15) is 6.33 Å². The van der Waals surface area contributed by atoms with Gasteiger partial charge in [0.2, 0.25) is 0 Å². The fourth-order valence-electron chi connectivity index (χ4n) is 4.00. The van der Waals surface area contributed by atoms with Gasteiger partial charge in [-0.3, -0.25) is 4.99 Å². The second-order valence-corrected chi connectivity index (χ2v) is 6.67. The van der Waals surface area contributed by atoms with Gasteiger partial charge in [0.15, 0.2) is 11.8 Å². The van der Waals surface area contributed by atoms with E-state index in [-0.39, 0.29) is 0 Å². The van der Waals surface area contributed by atoms with E-state index in [0.29, 0.717) is 12.0 Å². The predicted molar refractivity (Wildman–Crippen MR) is 87.6 cm³/mol. The predicted octanol–water partition coefficient (Wildman–Crippen LogP) is 2.03. The summed E-state index contributed by atoms with van der Waals surface area (Å²) in [5, 5.41) is 11.6. The van der Waals surface area contributed by atoms with Crippen molar-refractivity contribution in [2.75, 3.05) is 20.1 Å². The number of rotatable bonds is 3. The summed E-state index contributed by atoms with van der Waals surface area (Å²) in [5.74, 6) is 1.98. The van der Waals surface area contributed by atoms with Crippen molar-refractivity contribution in [2.24, 2.45) is 10.4 Å². The van der Waals surface area contributed by atoms with Crippen LogP contribution in [0.5, 0.6) is 0 Å². The van der Waals surface area contributed by atoms with Gasteiger partial charge < -0.3 is 14.8 Å². The molecule has 1 aliphatic heterocycles. The Balaban J connectivity index is 1.58. The van der Waals surface area contributed by atoms with Gasteiger partial charge in [-0.2, -0.15) is 0 Å². The molecule has 22 heavy (non-hydrogen) atoms. The number of hydrogen-bond donors (Lipinski definition) is 1. The molecule has 6 heteroatoms. The van der Waals surface area contributed by atoms with Gasteiger partial charge in [0, 0.05) is 26.7 Å². The molecule has 1 spiro atoms. The second-order valence-electron chi connectivity index (χ2n) is 6.67. The molecule has 0 aromatic carbocycles. The Morgan fingerprint density at radius 2 is 2.14 bits per heavy atom. The van der Waals surface area contributed by atoms with Gasteiger partial charge in [-0.15, -0.1) is 10.2 Å². The minimum Gasteiger partial charge on any atom is -0.349 e. The van der Waals surface area contributed by atoms with Crippen molar-refractivity contribution in [3.63, 3.8) is 0 Å². The van der Waals surface area contributed by atoms with Gasteiger partial charge in [-0.05, 0) is 31.6 Å². The average molecular weight is 304 g/mol. The molecule has 1 N–H and O–H groups in total. The minimum atomic E-state index is 0.555. The molecule has 1 aromatic rings. The summed E-state index contributed by atoms with van der Waals surface area (Å²) in [6.45, 7) is 5.97. The van der Waals surface area contributed by atoms with E-state index in [1.807, 2.05) is 7.05 Å². The lowest BCUT2D eigenvalue weighted by Crippen LogP contribution is -2.41. The van der Waals surface area contributed by atoms with Crippen LogP contribution in [0, 0.1) is 5.41 Å². The number of nitrogens with one attached hydrogen (secondary N) is 1. The molecule has 2 heterocycles. The van der Waals surface area contributed by atoms with Gasteiger partial charge in [0.05, 0.1) is 6.54 Å². The number of aliphatic imine (C=N–C) groups is 1. The Kier molecular flexibility index (Phi) is 4.64. The third-order valence-corrected chi connectivity index (χ3v) is 5.30. The normalized spacial score (nSPS) is 21.5. The smallest absolute Gasteiger partial charge is 0.194 e. The van der Waals surface area contributed by atoms with E-state index in [2.05, 4.69) is 36.9 Å². The van der Waals surface area contributed by atoms with Gasteiger partial charge >= 0.3 is 0 Å². The first-order valence-corrected chi connectivity index (χ1v) is 8.59. The Labute approximate surface area is 133 Å². The molecule has 6 nitrogen and oxygen atoms in total. The van der Waals surface area contributed by atoms with Crippen LogP contribution in [0.3, 0.4) is 0 Å². The first kappa shape index (κ1) is 15.3. The van der Waals surface area contributed by atoms with Crippen LogP contribution >= 0.6 is 0 Å². The lowest BCUT2D eigenvalue weighted by Gasteiger charge is -2.33. The van der Waals surface area contributed by atoms with E-state index in [0.717, 1.165) is 31.4 Å². The molecule has 0 atom stereocenters. The molecule has 122 valence electrons. The fourth-order valence-corrected chi connectivity index (χ4v) is 4.00. The molecule has 0 unspecified atom stereocenters. The van der Waals surface area contributed by atoms with E-state index >= 15 is 0 Å². The highest BCUT2D eigenvalue weighted by atomic mass is 15.3. The largest absolute Gasteiger partial charge is 0.349 e. The summed E-state index contributed by atoms with van der Waals surface area (Å²) in [5.41, 5.74) is 0.555. The number of guanidine groups is 1. The zero-order valence-electron chi connectivity index (χ0n) is 13.9. The maximum absolute atomic E-state index is 4.48. The van der Waals surface area contributed by atoms with Crippen molar-refractivity contribution in [3.05, 3.63) is 12.2 Å². The Morgan fingerprint density at radius 1 is 1.32 bits per heavy atom. The molecule has 2 fully saturated rings. The third-order valence-electron chi connectivity index (χ3n) is 5.30. The number of nitrogens with zero attached hydrogens (tertiary/aromatic N) is 5. The molecule has 0 radical (unpaired) electrons. The molecule has 2 aliphatic rings. The van der Waals surface area contributed by atoms with Crippen LogP contribution < -0.4 is 5.32 Å². The van der Waals surface area contributed by atoms with Crippen LogP contribution in [0.15, 0.2) is 11.3 Å². The van der Waals surface area contributed by atoms with Crippen molar-refractivity contribution in [2.45, 2.75) is 58.5 Å². The highest BCUT2D eigenvalue weighted by Gasteiger charge is 2.39. The summed E-state index contributed by atoms with van der Waals surface area (Å²) < 4.78 is 2.06. The number of hydrogen-bond acceptors (Lipinski definition) is 3. The standard InChI is InChI=1S/C16H28N6/c1-3-21-13-19-20-14(21)11-18-15(17-2)22-10-9-16(12-22)7-5-4-6-8-16/h13H,3-12H2,1-2H3,(H,17,18). The van der Waals surface area contributed by atoms with Gasteiger partial charge in [-0.25, -0.2) is 0 Å². The van der Waals surface area contributed by atoms with E-state index in [1.165, 1.54) is 38.5 Å². The molecule has 0 bridgehead atoms. The van der Waals surface area contributed by atoms with Crippen molar-refractivity contribution in [1.82, 2.24) is 25.0 Å². The first-order valence-electron chi connectivity index (χ1n) is 8.59. The Morgan fingerprint density at radius 3 is 2.86 bits per heavy atom. The number of aromatic nitrogens is 3. The quantitative estimate of drug-likeness (QED) is 0.686. The molecule has 0 amide bonds. The second kappa shape index (κ2) is 6.67. The Hall–Kier alpha value is -1.59. The maximum Gasteiger partial charge on any atom is 0.194 e. The highest BCUT2D eigenvalue weighted by Crippen LogP contribution is 2.43. The van der Waals surface area contributed by atoms with E-state index in [1.54, 1.807) is 6.33 Å². The van der Waals surface area contributed by atoms with Crippen LogP contribution in [0.25, 0.3) is 0 Å². The molecule has 1 aliphatic carbocycles. The molecular weight excluding hydrogens is 276 g/mol. The van der Waals surface area contributed by atoms with Crippen molar-refractivity contribution >= 4 is 5.96 Å². The molecule has 1 aromatic heterocycles.